The first-order chi connectivity index (χ1) is 17.6. The minimum absolute atomic E-state index is 0.0857. The van der Waals surface area contributed by atoms with Crippen molar-refractivity contribution >= 4 is 34.7 Å². The summed E-state index contributed by atoms with van der Waals surface area (Å²) in [6.45, 7) is 7.58. The van der Waals surface area contributed by atoms with Gasteiger partial charge in [0, 0.05) is 10.7 Å². The lowest BCUT2D eigenvalue weighted by atomic mass is 9.93. The van der Waals surface area contributed by atoms with E-state index in [0.29, 0.717) is 39.8 Å². The first-order valence-corrected chi connectivity index (χ1v) is 12.1. The van der Waals surface area contributed by atoms with Gasteiger partial charge in [0.15, 0.2) is 11.5 Å². The van der Waals surface area contributed by atoms with Gasteiger partial charge in [0.05, 0.1) is 30.9 Å². The number of amides is 1. The van der Waals surface area contributed by atoms with E-state index in [1.54, 1.807) is 50.2 Å². The van der Waals surface area contributed by atoms with Crippen molar-refractivity contribution in [2.24, 2.45) is 0 Å². The van der Waals surface area contributed by atoms with Gasteiger partial charge in [-0.2, -0.15) is 0 Å². The molecule has 1 atom stereocenters. The maximum absolute atomic E-state index is 13.6. The number of ether oxygens (including phenoxy) is 2. The van der Waals surface area contributed by atoms with Crippen LogP contribution < -0.4 is 14.4 Å². The second-order valence-electron chi connectivity index (χ2n) is 8.92. The molecule has 1 amide bonds. The first-order valence-electron chi connectivity index (χ1n) is 11.8. The summed E-state index contributed by atoms with van der Waals surface area (Å²) in [5.41, 5.74) is 3.41. The first kappa shape index (κ1) is 26.1. The molecule has 0 saturated carbocycles. The van der Waals surface area contributed by atoms with Crippen LogP contribution in [0.5, 0.6) is 17.2 Å². The fraction of sp³-hybridized carbons (Fsp3) is 0.241. The van der Waals surface area contributed by atoms with Crippen LogP contribution in [0.1, 0.15) is 40.8 Å². The van der Waals surface area contributed by atoms with Gasteiger partial charge in [0.1, 0.15) is 11.5 Å². The van der Waals surface area contributed by atoms with Crippen molar-refractivity contribution in [1.29, 1.82) is 0 Å². The number of aryl methyl sites for hydroxylation is 3. The van der Waals surface area contributed by atoms with Crippen LogP contribution in [0, 0.1) is 20.8 Å². The summed E-state index contributed by atoms with van der Waals surface area (Å²) in [5, 5.41) is 22.3. The maximum atomic E-state index is 13.6. The number of benzene rings is 3. The number of anilines is 1. The Hall–Kier alpha value is -3.97. The van der Waals surface area contributed by atoms with E-state index in [2.05, 4.69) is 0 Å². The van der Waals surface area contributed by atoms with Crippen LogP contribution in [0.15, 0.2) is 54.1 Å². The van der Waals surface area contributed by atoms with Gasteiger partial charge in [0.2, 0.25) is 0 Å². The number of aliphatic hydroxyl groups excluding tert-OH is 1. The Labute approximate surface area is 220 Å². The number of carbonyl (C=O) groups is 2. The van der Waals surface area contributed by atoms with Crippen LogP contribution in [0.25, 0.3) is 5.76 Å². The van der Waals surface area contributed by atoms with Crippen LogP contribution in [-0.2, 0) is 9.59 Å². The van der Waals surface area contributed by atoms with Gasteiger partial charge in [-0.3, -0.25) is 14.5 Å². The van der Waals surface area contributed by atoms with E-state index in [9.17, 15) is 19.8 Å². The van der Waals surface area contributed by atoms with Crippen LogP contribution >= 0.6 is 11.6 Å². The molecule has 0 aliphatic carbocycles. The number of hydrogen-bond acceptors (Lipinski definition) is 6. The van der Waals surface area contributed by atoms with Crippen LogP contribution in [-0.4, -0.2) is 35.6 Å². The van der Waals surface area contributed by atoms with Gasteiger partial charge < -0.3 is 19.7 Å². The molecule has 3 aromatic rings. The van der Waals surface area contributed by atoms with E-state index in [4.69, 9.17) is 21.1 Å². The average molecular weight is 522 g/mol. The molecule has 8 heteroatoms. The highest BCUT2D eigenvalue weighted by molar-refractivity contribution is 6.52. The lowest BCUT2D eigenvalue weighted by Crippen LogP contribution is -2.30. The number of aromatic hydroxyl groups is 1. The molecule has 1 aliphatic heterocycles. The Bertz CT molecular complexity index is 1440. The molecule has 7 nitrogen and oxygen atoms in total. The minimum Gasteiger partial charge on any atom is -0.507 e. The molecule has 0 radical (unpaired) electrons. The molecule has 3 aromatic carbocycles. The fourth-order valence-electron chi connectivity index (χ4n) is 4.76. The highest BCUT2D eigenvalue weighted by Gasteiger charge is 2.48. The van der Waals surface area contributed by atoms with Crippen molar-refractivity contribution in [1.82, 2.24) is 0 Å². The number of carbonyl (C=O) groups excluding carboxylic acids is 2. The molecule has 1 fully saturated rings. The molecule has 0 spiro atoms. The summed E-state index contributed by atoms with van der Waals surface area (Å²) < 4.78 is 11.1. The summed E-state index contributed by atoms with van der Waals surface area (Å²) in [7, 11) is 1.48. The number of hydrogen-bond donors (Lipinski definition) is 2. The Morgan fingerprint density at radius 1 is 1.03 bits per heavy atom. The predicted octanol–water partition coefficient (Wildman–Crippen LogP) is 6.00. The van der Waals surface area contributed by atoms with Gasteiger partial charge in [-0.05, 0) is 80.3 Å². The van der Waals surface area contributed by atoms with Crippen molar-refractivity contribution in [2.75, 3.05) is 18.6 Å². The third-order valence-electron chi connectivity index (χ3n) is 6.35. The number of nitrogens with zero attached hydrogens (tertiary/aromatic N) is 1. The second kappa shape index (κ2) is 10.2. The number of phenols is 1. The zero-order chi connectivity index (χ0) is 27.0. The Kier molecular flexibility index (Phi) is 7.18. The van der Waals surface area contributed by atoms with E-state index >= 15 is 0 Å². The van der Waals surface area contributed by atoms with Crippen molar-refractivity contribution in [3.63, 3.8) is 0 Å². The standard InChI is InChI=1S/C29H28ClNO6/c1-6-37-23-13-18(8-10-22(23)32)25-24(26(33)20-12-15(2)11-17(4)28(20)36-5)27(34)29(35)31(25)21-14-19(30)9-7-16(21)3/h7-14,25,32-33H,6H2,1-5H3/b26-24+. The predicted molar refractivity (Wildman–Crippen MR) is 143 cm³/mol. The number of ketones is 1. The van der Waals surface area contributed by atoms with Crippen LogP contribution in [0.4, 0.5) is 5.69 Å². The molecule has 0 bridgehead atoms. The molecule has 1 heterocycles. The number of Topliss-reactive ketones (excluding diaryl/α,β-unsaturated/α-hetero) is 1. The van der Waals surface area contributed by atoms with Gasteiger partial charge in [-0.1, -0.05) is 29.8 Å². The summed E-state index contributed by atoms with van der Waals surface area (Å²) in [6.07, 6.45) is 0. The minimum atomic E-state index is -1.03. The van der Waals surface area contributed by atoms with Gasteiger partial charge in [-0.15, -0.1) is 0 Å². The highest BCUT2D eigenvalue weighted by atomic mass is 35.5. The molecular weight excluding hydrogens is 494 g/mol. The second-order valence-corrected chi connectivity index (χ2v) is 9.36. The Morgan fingerprint density at radius 3 is 2.43 bits per heavy atom. The molecule has 192 valence electrons. The van der Waals surface area contributed by atoms with E-state index in [1.807, 2.05) is 19.9 Å². The zero-order valence-corrected chi connectivity index (χ0v) is 22.0. The fourth-order valence-corrected chi connectivity index (χ4v) is 4.92. The summed E-state index contributed by atoms with van der Waals surface area (Å²) in [4.78, 5) is 28.4. The zero-order valence-electron chi connectivity index (χ0n) is 21.3. The lowest BCUT2D eigenvalue weighted by Gasteiger charge is -2.27. The van der Waals surface area contributed by atoms with Crippen molar-refractivity contribution in [3.05, 3.63) is 86.9 Å². The van der Waals surface area contributed by atoms with Gasteiger partial charge >= 0.3 is 0 Å². The van der Waals surface area contributed by atoms with Crippen LogP contribution in [0.2, 0.25) is 5.02 Å². The summed E-state index contributed by atoms with van der Waals surface area (Å²) in [6, 6.07) is 12.2. The quantitative estimate of drug-likeness (QED) is 0.234. The smallest absolute Gasteiger partial charge is 0.300 e. The summed E-state index contributed by atoms with van der Waals surface area (Å²) in [5.74, 6) is -1.52. The SMILES string of the molecule is CCOc1cc(C2/C(=C(\O)c3cc(C)cc(C)c3OC)C(=O)C(=O)N2c2cc(Cl)ccc2C)ccc1O. The Morgan fingerprint density at radius 2 is 1.76 bits per heavy atom. The number of aliphatic hydroxyl groups is 1. The maximum Gasteiger partial charge on any atom is 0.300 e. The summed E-state index contributed by atoms with van der Waals surface area (Å²) >= 11 is 6.28. The molecular formula is C29H28ClNO6. The number of rotatable bonds is 6. The van der Waals surface area contributed by atoms with E-state index in [0.717, 1.165) is 11.1 Å². The van der Waals surface area contributed by atoms with E-state index in [-0.39, 0.29) is 22.8 Å². The monoisotopic (exact) mass is 521 g/mol. The van der Waals surface area contributed by atoms with E-state index < -0.39 is 17.7 Å². The molecule has 37 heavy (non-hydrogen) atoms. The van der Waals surface area contributed by atoms with Gasteiger partial charge in [0.25, 0.3) is 11.7 Å². The van der Waals surface area contributed by atoms with Crippen molar-refractivity contribution < 1.29 is 29.3 Å². The number of methoxy groups -OCH3 is 1. The molecule has 0 aromatic heterocycles. The molecule has 2 N–H and O–H groups in total. The average Bonchev–Trinajstić information content (AvgIpc) is 3.11. The number of phenolic OH excluding ortho intramolecular Hbond substituents is 1. The normalized spacial score (nSPS) is 16.8. The molecule has 1 saturated heterocycles. The third-order valence-corrected chi connectivity index (χ3v) is 6.59. The highest BCUT2D eigenvalue weighted by Crippen LogP contribution is 2.46. The van der Waals surface area contributed by atoms with Crippen LogP contribution in [0.3, 0.4) is 0 Å². The molecule has 4 rings (SSSR count). The largest absolute Gasteiger partial charge is 0.507 e. The van der Waals surface area contributed by atoms with E-state index in [1.165, 1.54) is 18.1 Å². The molecule has 1 unspecified atom stereocenters. The van der Waals surface area contributed by atoms with Crippen molar-refractivity contribution in [3.8, 4) is 17.2 Å². The topological polar surface area (TPSA) is 96.3 Å². The Balaban J connectivity index is 2.06. The molecule has 1 aliphatic rings. The van der Waals surface area contributed by atoms with Crippen molar-refractivity contribution in [2.45, 2.75) is 33.7 Å². The lowest BCUT2D eigenvalue weighted by molar-refractivity contribution is -0.132. The third kappa shape index (κ3) is 4.62. The van der Waals surface area contributed by atoms with Gasteiger partial charge in [-0.25, -0.2) is 0 Å². The number of halogens is 1.